The highest BCUT2D eigenvalue weighted by molar-refractivity contribution is 5.96. The van der Waals surface area contributed by atoms with E-state index in [2.05, 4.69) is 16.7 Å². The highest BCUT2D eigenvalue weighted by Crippen LogP contribution is 2.21. The van der Waals surface area contributed by atoms with Gasteiger partial charge in [-0.25, -0.2) is 4.79 Å². The number of hydrogen-bond donors (Lipinski definition) is 2. The van der Waals surface area contributed by atoms with Gasteiger partial charge in [0, 0.05) is 18.3 Å². The highest BCUT2D eigenvalue weighted by Gasteiger charge is 2.15. The average Bonchev–Trinajstić information content (AvgIpc) is 2.71. The molecule has 0 saturated heterocycles. The van der Waals surface area contributed by atoms with E-state index in [1.807, 2.05) is 26.0 Å². The number of benzene rings is 1. The van der Waals surface area contributed by atoms with E-state index in [-0.39, 0.29) is 18.6 Å². The third-order valence-corrected chi connectivity index (χ3v) is 4.98. The number of esters is 1. The lowest BCUT2D eigenvalue weighted by molar-refractivity contribution is -0.125. The number of rotatable bonds is 10. The van der Waals surface area contributed by atoms with E-state index in [9.17, 15) is 9.59 Å². The molecule has 148 valence electrons. The number of anilines is 1. The van der Waals surface area contributed by atoms with Crippen LogP contribution in [0, 0.1) is 0 Å². The Labute approximate surface area is 162 Å². The van der Waals surface area contributed by atoms with Gasteiger partial charge in [0.15, 0.2) is 6.61 Å². The van der Waals surface area contributed by atoms with Gasteiger partial charge in [0.05, 0.1) is 5.56 Å². The predicted molar refractivity (Wildman–Crippen MR) is 109 cm³/mol. The van der Waals surface area contributed by atoms with Crippen LogP contribution in [0.3, 0.4) is 0 Å². The van der Waals surface area contributed by atoms with Crippen LogP contribution >= 0.6 is 0 Å². The molecule has 0 heterocycles. The van der Waals surface area contributed by atoms with Crippen LogP contribution in [0.15, 0.2) is 35.9 Å². The predicted octanol–water partition coefficient (Wildman–Crippen LogP) is 4.45. The van der Waals surface area contributed by atoms with Crippen LogP contribution in [0.25, 0.3) is 0 Å². The molecule has 0 bridgehead atoms. The van der Waals surface area contributed by atoms with E-state index in [0.717, 1.165) is 31.5 Å². The fraction of sp³-hybridized carbons (Fsp3) is 0.545. The van der Waals surface area contributed by atoms with Crippen molar-refractivity contribution in [2.45, 2.75) is 64.8 Å². The molecule has 1 aliphatic carbocycles. The molecular formula is C22H32N2O3. The lowest BCUT2D eigenvalue weighted by Crippen LogP contribution is -2.36. The first kappa shape index (κ1) is 21.0. The normalized spacial score (nSPS) is 13.8. The van der Waals surface area contributed by atoms with Crippen molar-refractivity contribution >= 4 is 17.6 Å². The first-order valence-electron chi connectivity index (χ1n) is 10.1. The van der Waals surface area contributed by atoms with Crippen LogP contribution < -0.4 is 10.6 Å². The second-order valence-corrected chi connectivity index (χ2v) is 6.99. The fourth-order valence-electron chi connectivity index (χ4n) is 3.28. The first-order valence-corrected chi connectivity index (χ1v) is 10.1. The van der Waals surface area contributed by atoms with Crippen molar-refractivity contribution < 1.29 is 14.3 Å². The topological polar surface area (TPSA) is 67.4 Å². The highest BCUT2D eigenvalue weighted by atomic mass is 16.5. The minimum Gasteiger partial charge on any atom is -0.452 e. The van der Waals surface area contributed by atoms with E-state index in [1.165, 1.54) is 31.3 Å². The number of carbonyl (C=O) groups excluding carboxylic acids is 2. The van der Waals surface area contributed by atoms with Gasteiger partial charge in [0.2, 0.25) is 0 Å². The maximum Gasteiger partial charge on any atom is 0.340 e. The molecule has 27 heavy (non-hydrogen) atoms. The second-order valence-electron chi connectivity index (χ2n) is 6.99. The van der Waals surface area contributed by atoms with E-state index in [0.29, 0.717) is 5.56 Å². The van der Waals surface area contributed by atoms with Crippen molar-refractivity contribution in [2.24, 2.45) is 0 Å². The number of ether oxygens (including phenoxy) is 1. The van der Waals surface area contributed by atoms with Gasteiger partial charge in [-0.2, -0.15) is 0 Å². The molecule has 0 aromatic heterocycles. The summed E-state index contributed by atoms with van der Waals surface area (Å²) in [6.45, 7) is 4.57. The molecule has 0 unspecified atom stereocenters. The molecular weight excluding hydrogens is 340 g/mol. The summed E-state index contributed by atoms with van der Waals surface area (Å²) in [4.78, 5) is 24.3. The first-order chi connectivity index (χ1) is 13.1. The zero-order valence-electron chi connectivity index (χ0n) is 16.6. The Hall–Kier alpha value is -2.30. The Morgan fingerprint density at radius 3 is 2.63 bits per heavy atom. The summed E-state index contributed by atoms with van der Waals surface area (Å²) in [7, 11) is 0. The van der Waals surface area contributed by atoms with Gasteiger partial charge in [0.25, 0.3) is 5.91 Å². The van der Waals surface area contributed by atoms with E-state index in [4.69, 9.17) is 4.74 Å². The summed E-state index contributed by atoms with van der Waals surface area (Å²) in [5.74, 6) is -0.735. The lowest BCUT2D eigenvalue weighted by atomic mass is 9.97. The van der Waals surface area contributed by atoms with Crippen LogP contribution in [0.5, 0.6) is 0 Å². The number of amides is 1. The van der Waals surface area contributed by atoms with Gasteiger partial charge in [-0.05, 0) is 57.1 Å². The zero-order chi connectivity index (χ0) is 19.5. The van der Waals surface area contributed by atoms with Gasteiger partial charge in [-0.1, -0.05) is 37.6 Å². The maximum atomic E-state index is 12.4. The Morgan fingerprint density at radius 2 is 1.93 bits per heavy atom. The third-order valence-electron chi connectivity index (χ3n) is 4.98. The molecule has 2 N–H and O–H groups in total. The third kappa shape index (κ3) is 7.08. The van der Waals surface area contributed by atoms with Crippen molar-refractivity contribution in [3.63, 3.8) is 0 Å². The summed E-state index contributed by atoms with van der Waals surface area (Å²) >= 11 is 0. The minimum atomic E-state index is -0.477. The number of nitrogens with one attached hydrogen (secondary N) is 2. The molecule has 0 fully saturated rings. The molecule has 0 radical (unpaired) electrons. The van der Waals surface area contributed by atoms with Gasteiger partial charge < -0.3 is 15.4 Å². The summed E-state index contributed by atoms with van der Waals surface area (Å²) in [6, 6.07) is 7.41. The molecule has 1 aromatic carbocycles. The molecule has 5 heteroatoms. The van der Waals surface area contributed by atoms with Crippen molar-refractivity contribution in [1.82, 2.24) is 5.32 Å². The molecule has 1 aliphatic rings. The Morgan fingerprint density at radius 1 is 1.15 bits per heavy atom. The van der Waals surface area contributed by atoms with Crippen molar-refractivity contribution in [3.8, 4) is 0 Å². The summed E-state index contributed by atoms with van der Waals surface area (Å²) in [6.07, 6.45) is 9.96. The molecule has 0 spiro atoms. The molecule has 0 aliphatic heterocycles. The molecule has 5 nitrogen and oxygen atoms in total. The van der Waals surface area contributed by atoms with E-state index in [1.54, 1.807) is 12.1 Å². The van der Waals surface area contributed by atoms with Gasteiger partial charge in [-0.15, -0.1) is 0 Å². The smallest absolute Gasteiger partial charge is 0.340 e. The maximum absolute atomic E-state index is 12.4. The number of para-hydroxylation sites is 1. The van der Waals surface area contributed by atoms with Crippen LogP contribution in [-0.2, 0) is 9.53 Å². The molecule has 1 amide bonds. The average molecular weight is 373 g/mol. The van der Waals surface area contributed by atoms with Crippen LogP contribution in [0.4, 0.5) is 5.69 Å². The van der Waals surface area contributed by atoms with Crippen molar-refractivity contribution in [2.75, 3.05) is 18.5 Å². The van der Waals surface area contributed by atoms with E-state index >= 15 is 0 Å². The number of allylic oxidation sites excluding steroid dienone is 1. The van der Waals surface area contributed by atoms with Gasteiger partial charge >= 0.3 is 5.97 Å². The SMILES string of the molecule is CCC(CC)NC(=O)COC(=O)c1ccccc1NCCC1=CCCCC1. The minimum absolute atomic E-state index is 0.124. The monoisotopic (exact) mass is 372 g/mol. The van der Waals surface area contributed by atoms with Crippen LogP contribution in [0.1, 0.15) is 69.2 Å². The Kier molecular flexibility index (Phi) is 8.89. The summed E-state index contributed by atoms with van der Waals surface area (Å²) < 4.78 is 5.21. The van der Waals surface area contributed by atoms with Crippen LogP contribution in [-0.4, -0.2) is 31.1 Å². The quantitative estimate of drug-likeness (QED) is 0.470. The summed E-state index contributed by atoms with van der Waals surface area (Å²) in [5, 5.41) is 6.21. The summed E-state index contributed by atoms with van der Waals surface area (Å²) in [5.41, 5.74) is 2.71. The Balaban J connectivity index is 1.85. The molecule has 1 aromatic rings. The van der Waals surface area contributed by atoms with Crippen LogP contribution in [0.2, 0.25) is 0 Å². The van der Waals surface area contributed by atoms with Gasteiger partial charge in [0.1, 0.15) is 0 Å². The zero-order valence-corrected chi connectivity index (χ0v) is 16.6. The lowest BCUT2D eigenvalue weighted by Gasteiger charge is -2.16. The van der Waals surface area contributed by atoms with E-state index < -0.39 is 5.97 Å². The number of carbonyl (C=O) groups is 2. The fourth-order valence-corrected chi connectivity index (χ4v) is 3.28. The van der Waals surface area contributed by atoms with Crippen molar-refractivity contribution in [3.05, 3.63) is 41.5 Å². The standard InChI is InChI=1S/C22H32N2O3/c1-3-18(4-2)24-21(25)16-27-22(26)19-12-8-9-13-20(19)23-15-14-17-10-6-5-7-11-17/h8-10,12-13,18,23H,3-7,11,14-16H2,1-2H3,(H,24,25). The largest absolute Gasteiger partial charge is 0.452 e. The van der Waals surface area contributed by atoms with Gasteiger partial charge in [-0.3, -0.25) is 4.79 Å². The molecule has 0 saturated carbocycles. The van der Waals surface area contributed by atoms with Crippen molar-refractivity contribution in [1.29, 1.82) is 0 Å². The molecule has 2 rings (SSSR count). The second kappa shape index (κ2) is 11.4. The molecule has 0 atom stereocenters. The number of hydrogen-bond acceptors (Lipinski definition) is 4. The Bertz CT molecular complexity index is 651.